The largest absolute Gasteiger partial charge is 0.323 e. The van der Waals surface area contributed by atoms with Crippen LogP contribution in [0.5, 0.6) is 0 Å². The Bertz CT molecular complexity index is 451. The van der Waals surface area contributed by atoms with Crippen LogP contribution >= 0.6 is 0 Å². The molecule has 1 aromatic rings. The number of aryl methyl sites for hydroxylation is 1. The van der Waals surface area contributed by atoms with E-state index in [1.165, 1.54) is 62.5 Å². The van der Waals surface area contributed by atoms with Gasteiger partial charge in [-0.25, -0.2) is 0 Å². The van der Waals surface area contributed by atoms with Crippen LogP contribution in [0.15, 0.2) is 24.3 Å². The molecule has 0 bridgehead atoms. The zero-order valence-corrected chi connectivity index (χ0v) is 13.4. The van der Waals surface area contributed by atoms with Crippen LogP contribution in [0.4, 0.5) is 0 Å². The normalized spacial score (nSPS) is 27.4. The van der Waals surface area contributed by atoms with Gasteiger partial charge in [0.25, 0.3) is 0 Å². The van der Waals surface area contributed by atoms with Gasteiger partial charge in [-0.2, -0.15) is 0 Å². The molecule has 2 atom stereocenters. The Morgan fingerprint density at radius 1 is 1.05 bits per heavy atom. The summed E-state index contributed by atoms with van der Waals surface area (Å²) < 4.78 is 0. The lowest BCUT2D eigenvalue weighted by molar-refractivity contribution is 0.0894. The van der Waals surface area contributed by atoms with Crippen molar-refractivity contribution in [3.8, 4) is 0 Å². The van der Waals surface area contributed by atoms with E-state index in [0.717, 1.165) is 12.6 Å². The van der Waals surface area contributed by atoms with E-state index in [0.29, 0.717) is 6.04 Å². The summed E-state index contributed by atoms with van der Waals surface area (Å²) in [7, 11) is 0. The van der Waals surface area contributed by atoms with Crippen molar-refractivity contribution in [3.05, 3.63) is 35.4 Å². The van der Waals surface area contributed by atoms with Crippen LogP contribution < -0.4 is 5.73 Å². The summed E-state index contributed by atoms with van der Waals surface area (Å²) in [6.07, 6.45) is 10.7. The second-order valence-electron chi connectivity index (χ2n) is 6.81. The monoisotopic (exact) mass is 286 g/mol. The molecule has 0 spiro atoms. The Kier molecular flexibility index (Phi) is 4.97. The van der Waals surface area contributed by atoms with Crippen molar-refractivity contribution >= 4 is 0 Å². The van der Waals surface area contributed by atoms with Gasteiger partial charge in [0, 0.05) is 18.1 Å². The van der Waals surface area contributed by atoms with Gasteiger partial charge in [-0.15, -0.1) is 0 Å². The fraction of sp³-hybridized carbons (Fsp3) is 0.684. The minimum Gasteiger partial charge on any atom is -0.323 e. The maximum Gasteiger partial charge on any atom is 0.0455 e. The first-order valence-electron chi connectivity index (χ1n) is 8.90. The maximum absolute atomic E-state index is 6.73. The van der Waals surface area contributed by atoms with Crippen molar-refractivity contribution in [3.63, 3.8) is 0 Å². The average Bonchev–Trinajstić information content (AvgIpc) is 2.70. The zero-order valence-electron chi connectivity index (χ0n) is 13.4. The third-order valence-corrected chi connectivity index (χ3v) is 5.61. The Morgan fingerprint density at radius 3 is 2.57 bits per heavy atom. The molecule has 0 aromatic heterocycles. The number of benzene rings is 1. The molecule has 1 aromatic carbocycles. The molecule has 21 heavy (non-hydrogen) atoms. The van der Waals surface area contributed by atoms with Gasteiger partial charge in [0.15, 0.2) is 0 Å². The first kappa shape index (κ1) is 15.1. The zero-order chi connectivity index (χ0) is 14.7. The summed E-state index contributed by atoms with van der Waals surface area (Å²) in [6.45, 7) is 3.46. The molecule has 0 radical (unpaired) electrons. The van der Waals surface area contributed by atoms with Crippen LogP contribution in [-0.2, 0) is 6.42 Å². The molecule has 2 unspecified atom stereocenters. The molecule has 1 fully saturated rings. The molecule has 0 aliphatic heterocycles. The van der Waals surface area contributed by atoms with Crippen molar-refractivity contribution < 1.29 is 0 Å². The number of hydrogen-bond donors (Lipinski definition) is 1. The molecule has 2 nitrogen and oxygen atoms in total. The van der Waals surface area contributed by atoms with Gasteiger partial charge in [-0.3, -0.25) is 4.90 Å². The first-order chi connectivity index (χ1) is 10.3. The first-order valence-corrected chi connectivity index (χ1v) is 8.90. The van der Waals surface area contributed by atoms with Gasteiger partial charge in [-0.05, 0) is 49.8 Å². The number of likely N-dealkylation sites (N-methyl/N-ethyl adjacent to an activating group) is 1. The van der Waals surface area contributed by atoms with E-state index in [1.807, 2.05) is 0 Å². The predicted molar refractivity (Wildman–Crippen MR) is 89.3 cm³/mol. The molecule has 2 heteroatoms. The lowest BCUT2D eigenvalue weighted by Gasteiger charge is -2.41. The lowest BCUT2D eigenvalue weighted by Crippen LogP contribution is -2.48. The van der Waals surface area contributed by atoms with E-state index >= 15 is 0 Å². The molecule has 2 N–H and O–H groups in total. The van der Waals surface area contributed by atoms with Crippen molar-refractivity contribution in [1.29, 1.82) is 0 Å². The molecule has 2 aliphatic carbocycles. The van der Waals surface area contributed by atoms with Crippen LogP contribution in [0.25, 0.3) is 0 Å². The van der Waals surface area contributed by atoms with Crippen LogP contribution in [0.2, 0.25) is 0 Å². The molecule has 3 rings (SSSR count). The highest BCUT2D eigenvalue weighted by atomic mass is 15.2. The molecule has 2 aliphatic rings. The second-order valence-corrected chi connectivity index (χ2v) is 6.81. The standard InChI is InChI=1S/C19H30N2/c1-2-21(16-11-4-3-5-12-16)18-14-8-10-15-9-6-7-13-17(15)19(18)20/h6-7,9,13,16,18-19H,2-5,8,10-12,14,20H2,1H3. The van der Waals surface area contributed by atoms with E-state index in [2.05, 4.69) is 36.1 Å². The number of fused-ring (bicyclic) bond motifs is 1. The highest BCUT2D eigenvalue weighted by Gasteiger charge is 2.32. The number of nitrogens with zero attached hydrogens (tertiary/aromatic N) is 1. The summed E-state index contributed by atoms with van der Waals surface area (Å²) in [5, 5.41) is 0. The topological polar surface area (TPSA) is 29.3 Å². The van der Waals surface area contributed by atoms with Gasteiger partial charge in [0.1, 0.15) is 0 Å². The predicted octanol–water partition coefficient (Wildman–Crippen LogP) is 4.05. The van der Waals surface area contributed by atoms with Crippen molar-refractivity contribution in [2.24, 2.45) is 5.73 Å². The summed E-state index contributed by atoms with van der Waals surface area (Å²) in [4.78, 5) is 2.74. The van der Waals surface area contributed by atoms with Crippen molar-refractivity contribution in [2.75, 3.05) is 6.54 Å². The summed E-state index contributed by atoms with van der Waals surface area (Å²) in [5.41, 5.74) is 9.61. The third kappa shape index (κ3) is 3.17. The van der Waals surface area contributed by atoms with Crippen LogP contribution in [0, 0.1) is 0 Å². The molecular formula is C19H30N2. The Hall–Kier alpha value is -0.860. The molecule has 0 heterocycles. The molecular weight excluding hydrogens is 256 g/mol. The highest BCUT2D eigenvalue weighted by molar-refractivity contribution is 5.32. The van der Waals surface area contributed by atoms with Gasteiger partial charge in [0.2, 0.25) is 0 Å². The van der Waals surface area contributed by atoms with E-state index in [9.17, 15) is 0 Å². The smallest absolute Gasteiger partial charge is 0.0455 e. The lowest BCUT2D eigenvalue weighted by atomic mass is 9.89. The molecule has 116 valence electrons. The molecule has 0 saturated heterocycles. The average molecular weight is 286 g/mol. The fourth-order valence-corrected chi connectivity index (χ4v) is 4.52. The summed E-state index contributed by atoms with van der Waals surface area (Å²) >= 11 is 0. The van der Waals surface area contributed by atoms with Crippen LogP contribution in [0.3, 0.4) is 0 Å². The van der Waals surface area contributed by atoms with Gasteiger partial charge in [-0.1, -0.05) is 50.5 Å². The van der Waals surface area contributed by atoms with Crippen LogP contribution in [-0.4, -0.2) is 23.5 Å². The van der Waals surface area contributed by atoms with Gasteiger partial charge in [0.05, 0.1) is 0 Å². The number of hydrogen-bond acceptors (Lipinski definition) is 2. The summed E-state index contributed by atoms with van der Waals surface area (Å²) in [5.74, 6) is 0. The SMILES string of the molecule is CCN(C1CCCCC1)C1CCCc2ccccc2C1N. The van der Waals surface area contributed by atoms with E-state index < -0.39 is 0 Å². The van der Waals surface area contributed by atoms with Crippen LogP contribution in [0.1, 0.15) is 69.0 Å². The minimum absolute atomic E-state index is 0.186. The Balaban J connectivity index is 1.82. The number of rotatable bonds is 3. The summed E-state index contributed by atoms with van der Waals surface area (Å²) in [6, 6.07) is 10.3. The molecule has 0 amide bonds. The Labute approximate surface area is 129 Å². The highest BCUT2D eigenvalue weighted by Crippen LogP contribution is 2.34. The van der Waals surface area contributed by atoms with E-state index in [1.54, 1.807) is 0 Å². The third-order valence-electron chi connectivity index (χ3n) is 5.61. The fourth-order valence-electron chi connectivity index (χ4n) is 4.52. The van der Waals surface area contributed by atoms with Crippen molar-refractivity contribution in [2.45, 2.75) is 76.4 Å². The maximum atomic E-state index is 6.73. The minimum atomic E-state index is 0.186. The Morgan fingerprint density at radius 2 is 1.81 bits per heavy atom. The van der Waals surface area contributed by atoms with Gasteiger partial charge >= 0.3 is 0 Å². The van der Waals surface area contributed by atoms with Crippen molar-refractivity contribution in [1.82, 2.24) is 4.90 Å². The van der Waals surface area contributed by atoms with Gasteiger partial charge < -0.3 is 5.73 Å². The van der Waals surface area contributed by atoms with E-state index in [4.69, 9.17) is 5.73 Å². The second kappa shape index (κ2) is 6.93. The number of nitrogens with two attached hydrogens (primary N) is 1. The van der Waals surface area contributed by atoms with E-state index in [-0.39, 0.29) is 6.04 Å². The molecule has 1 saturated carbocycles. The quantitative estimate of drug-likeness (QED) is 0.850.